The van der Waals surface area contributed by atoms with E-state index >= 15 is 0 Å². The number of sulfonamides is 1. The van der Waals surface area contributed by atoms with E-state index in [1.165, 1.54) is 25.3 Å². The summed E-state index contributed by atoms with van der Waals surface area (Å²) in [5, 5.41) is 0. The third-order valence-corrected chi connectivity index (χ3v) is 5.37. The topological polar surface area (TPSA) is 80.8 Å². The van der Waals surface area contributed by atoms with Gasteiger partial charge in [0.2, 0.25) is 0 Å². The number of carbonyl (C=O) groups excluding carboxylic acids is 2. The molecule has 0 saturated carbocycles. The summed E-state index contributed by atoms with van der Waals surface area (Å²) in [5.41, 5.74) is 0.987. The van der Waals surface area contributed by atoms with E-state index in [0.717, 1.165) is 4.31 Å². The van der Waals surface area contributed by atoms with Gasteiger partial charge in [0.15, 0.2) is 0 Å². The molecule has 7 heteroatoms. The highest BCUT2D eigenvalue weighted by molar-refractivity contribution is 7.90. The summed E-state index contributed by atoms with van der Waals surface area (Å²) in [7, 11) is -2.60. The van der Waals surface area contributed by atoms with Crippen molar-refractivity contribution in [2.75, 3.05) is 7.11 Å². The zero-order valence-corrected chi connectivity index (χ0v) is 13.0. The fourth-order valence-electron chi connectivity index (χ4n) is 2.47. The molecule has 0 radical (unpaired) electrons. The third-order valence-electron chi connectivity index (χ3n) is 3.59. The molecule has 0 unspecified atom stereocenters. The fraction of sp³-hybridized carbons (Fsp3) is 0.125. The van der Waals surface area contributed by atoms with Crippen molar-refractivity contribution in [2.24, 2.45) is 0 Å². The van der Waals surface area contributed by atoms with Crippen molar-refractivity contribution in [3.63, 3.8) is 0 Å². The molecule has 0 bridgehead atoms. The average molecular weight is 331 g/mol. The molecular formula is C16H13NO5S. The van der Waals surface area contributed by atoms with Crippen LogP contribution in [0.4, 0.5) is 0 Å². The highest BCUT2D eigenvalue weighted by atomic mass is 32.2. The van der Waals surface area contributed by atoms with Crippen molar-refractivity contribution < 1.29 is 22.7 Å². The SMILES string of the molecule is COC(=O)c1cccc(CN2C(=O)c3ccccc3S2(=O)=O)c1. The van der Waals surface area contributed by atoms with Gasteiger partial charge in [0.25, 0.3) is 15.9 Å². The van der Waals surface area contributed by atoms with Crippen molar-refractivity contribution in [1.82, 2.24) is 4.31 Å². The largest absolute Gasteiger partial charge is 0.465 e. The van der Waals surface area contributed by atoms with Gasteiger partial charge in [0, 0.05) is 0 Å². The molecule has 0 aliphatic carbocycles. The van der Waals surface area contributed by atoms with Crippen LogP contribution in [0.2, 0.25) is 0 Å². The summed E-state index contributed by atoms with van der Waals surface area (Å²) >= 11 is 0. The Morgan fingerprint density at radius 3 is 2.57 bits per heavy atom. The monoisotopic (exact) mass is 331 g/mol. The molecular weight excluding hydrogens is 318 g/mol. The maximum atomic E-state index is 12.5. The van der Waals surface area contributed by atoms with E-state index in [1.54, 1.807) is 30.3 Å². The Morgan fingerprint density at radius 1 is 1.13 bits per heavy atom. The van der Waals surface area contributed by atoms with Gasteiger partial charge < -0.3 is 4.74 Å². The summed E-state index contributed by atoms with van der Waals surface area (Å²) in [5.74, 6) is -1.09. The van der Waals surface area contributed by atoms with Crippen LogP contribution in [-0.4, -0.2) is 31.7 Å². The van der Waals surface area contributed by atoms with Gasteiger partial charge in [-0.15, -0.1) is 0 Å². The molecule has 118 valence electrons. The van der Waals surface area contributed by atoms with Crippen LogP contribution in [0.5, 0.6) is 0 Å². The van der Waals surface area contributed by atoms with Crippen molar-refractivity contribution >= 4 is 21.9 Å². The smallest absolute Gasteiger partial charge is 0.337 e. The highest BCUT2D eigenvalue weighted by Gasteiger charge is 2.40. The van der Waals surface area contributed by atoms with Crippen LogP contribution < -0.4 is 0 Å². The van der Waals surface area contributed by atoms with E-state index in [0.29, 0.717) is 11.1 Å². The fourth-order valence-corrected chi connectivity index (χ4v) is 4.02. The van der Waals surface area contributed by atoms with Crippen molar-refractivity contribution in [3.05, 3.63) is 65.2 Å². The molecule has 0 N–H and O–H groups in total. The number of hydrogen-bond acceptors (Lipinski definition) is 5. The number of rotatable bonds is 3. The van der Waals surface area contributed by atoms with Gasteiger partial charge in [0.05, 0.1) is 24.8 Å². The minimum absolute atomic E-state index is 0.00845. The summed E-state index contributed by atoms with van der Waals surface area (Å²) < 4.78 is 30.4. The van der Waals surface area contributed by atoms with Gasteiger partial charge in [-0.05, 0) is 29.8 Å². The van der Waals surface area contributed by atoms with Crippen LogP contribution >= 0.6 is 0 Å². The van der Waals surface area contributed by atoms with E-state index in [-0.39, 0.29) is 17.0 Å². The number of methoxy groups -OCH3 is 1. The molecule has 2 aromatic carbocycles. The second-order valence-electron chi connectivity index (χ2n) is 5.00. The molecule has 0 aromatic heterocycles. The van der Waals surface area contributed by atoms with Gasteiger partial charge in [-0.1, -0.05) is 24.3 Å². The van der Waals surface area contributed by atoms with Crippen molar-refractivity contribution in [3.8, 4) is 0 Å². The van der Waals surface area contributed by atoms with Crippen LogP contribution in [0.1, 0.15) is 26.3 Å². The quantitative estimate of drug-likeness (QED) is 0.801. The lowest BCUT2D eigenvalue weighted by molar-refractivity contribution is 0.0600. The number of ether oxygens (including phenoxy) is 1. The number of amides is 1. The number of benzene rings is 2. The standard InChI is InChI=1S/C16H13NO5S/c1-22-16(19)12-6-4-5-11(9-12)10-17-15(18)13-7-2-3-8-14(13)23(17,20)21/h2-9H,10H2,1H3. The predicted molar refractivity (Wildman–Crippen MR) is 81.3 cm³/mol. The molecule has 1 heterocycles. The molecule has 1 aliphatic rings. The molecule has 2 aromatic rings. The van der Waals surface area contributed by atoms with Crippen molar-refractivity contribution in [1.29, 1.82) is 0 Å². The van der Waals surface area contributed by atoms with E-state index in [2.05, 4.69) is 4.74 Å². The molecule has 3 rings (SSSR count). The van der Waals surface area contributed by atoms with Crippen LogP contribution in [0, 0.1) is 0 Å². The lowest BCUT2D eigenvalue weighted by Crippen LogP contribution is -2.29. The maximum absolute atomic E-state index is 12.5. The predicted octanol–water partition coefficient (Wildman–Crippen LogP) is 1.82. The first-order valence-electron chi connectivity index (χ1n) is 6.78. The Bertz CT molecular complexity index is 904. The van der Waals surface area contributed by atoms with Gasteiger partial charge >= 0.3 is 5.97 Å². The van der Waals surface area contributed by atoms with E-state index in [1.807, 2.05) is 0 Å². The average Bonchev–Trinajstić information content (AvgIpc) is 2.76. The first-order valence-corrected chi connectivity index (χ1v) is 8.22. The number of carbonyl (C=O) groups is 2. The second kappa shape index (κ2) is 5.51. The maximum Gasteiger partial charge on any atom is 0.337 e. The molecule has 0 atom stereocenters. The Labute approximate surface area is 133 Å². The lowest BCUT2D eigenvalue weighted by atomic mass is 10.1. The van der Waals surface area contributed by atoms with E-state index in [4.69, 9.17) is 0 Å². The molecule has 6 nitrogen and oxygen atoms in total. The summed E-state index contributed by atoms with van der Waals surface area (Å²) in [6.45, 7) is -0.138. The molecule has 0 saturated heterocycles. The third kappa shape index (κ3) is 2.49. The first-order chi connectivity index (χ1) is 10.9. The number of esters is 1. The Morgan fingerprint density at radius 2 is 1.87 bits per heavy atom. The second-order valence-corrected chi connectivity index (χ2v) is 6.84. The summed E-state index contributed by atoms with van der Waals surface area (Å²) in [6, 6.07) is 12.4. The van der Waals surface area contributed by atoms with Crippen LogP contribution in [-0.2, 0) is 21.3 Å². The van der Waals surface area contributed by atoms with Gasteiger partial charge in [-0.3, -0.25) is 4.79 Å². The molecule has 1 aliphatic heterocycles. The van der Waals surface area contributed by atoms with Gasteiger partial charge in [-0.25, -0.2) is 17.5 Å². The number of nitrogens with zero attached hydrogens (tertiary/aromatic N) is 1. The lowest BCUT2D eigenvalue weighted by Gasteiger charge is -2.15. The zero-order valence-electron chi connectivity index (χ0n) is 12.2. The van der Waals surface area contributed by atoms with Crippen LogP contribution in [0.3, 0.4) is 0 Å². The molecule has 0 spiro atoms. The van der Waals surface area contributed by atoms with Gasteiger partial charge in [0.1, 0.15) is 4.90 Å². The molecule has 1 amide bonds. The minimum atomic E-state index is -3.86. The van der Waals surface area contributed by atoms with Gasteiger partial charge in [-0.2, -0.15) is 0 Å². The number of fused-ring (bicyclic) bond motifs is 1. The summed E-state index contributed by atoms with van der Waals surface area (Å²) in [4.78, 5) is 23.9. The molecule has 23 heavy (non-hydrogen) atoms. The van der Waals surface area contributed by atoms with Crippen LogP contribution in [0.15, 0.2) is 53.4 Å². The van der Waals surface area contributed by atoms with E-state index < -0.39 is 21.9 Å². The Kier molecular flexibility index (Phi) is 3.65. The first kappa shape index (κ1) is 15.2. The Hall–Kier alpha value is -2.67. The number of hydrogen-bond donors (Lipinski definition) is 0. The van der Waals surface area contributed by atoms with Crippen molar-refractivity contribution in [2.45, 2.75) is 11.4 Å². The summed E-state index contributed by atoms with van der Waals surface area (Å²) in [6.07, 6.45) is 0. The molecule has 0 fully saturated rings. The normalized spacial score (nSPS) is 15.3. The Balaban J connectivity index is 1.96. The van der Waals surface area contributed by atoms with E-state index in [9.17, 15) is 18.0 Å². The highest BCUT2D eigenvalue weighted by Crippen LogP contribution is 2.31. The van der Waals surface area contributed by atoms with Crippen LogP contribution in [0.25, 0.3) is 0 Å². The zero-order chi connectivity index (χ0) is 16.6. The minimum Gasteiger partial charge on any atom is -0.465 e.